The first-order valence-electron chi connectivity index (χ1n) is 9.09. The highest BCUT2D eigenvalue weighted by molar-refractivity contribution is 9.10. The molecule has 0 atom stereocenters. The van der Waals surface area contributed by atoms with Crippen LogP contribution in [0.2, 0.25) is 0 Å². The summed E-state index contributed by atoms with van der Waals surface area (Å²) in [4.78, 5) is 22.8. The monoisotopic (exact) mass is 485 g/mol. The molecule has 0 saturated carbocycles. The molecule has 3 aromatic rings. The van der Waals surface area contributed by atoms with Crippen LogP contribution in [0, 0.1) is 15.9 Å². The second-order valence-corrected chi connectivity index (χ2v) is 7.35. The number of benzene rings is 3. The van der Waals surface area contributed by atoms with Crippen LogP contribution in [0.5, 0.6) is 11.5 Å². The van der Waals surface area contributed by atoms with Gasteiger partial charge >= 0.3 is 5.69 Å². The van der Waals surface area contributed by atoms with Crippen molar-refractivity contribution in [3.63, 3.8) is 0 Å². The van der Waals surface area contributed by atoms with Gasteiger partial charge in [-0.2, -0.15) is 0 Å². The Morgan fingerprint density at radius 1 is 1.10 bits per heavy atom. The lowest BCUT2D eigenvalue weighted by Gasteiger charge is -2.11. The second-order valence-electron chi connectivity index (χ2n) is 6.43. The van der Waals surface area contributed by atoms with Gasteiger partial charge in [0.2, 0.25) is 0 Å². The number of ether oxygens (including phenoxy) is 2. The quantitative estimate of drug-likeness (QED) is 0.169. The molecule has 158 valence electrons. The average Bonchev–Trinajstić information content (AvgIpc) is 2.76. The van der Waals surface area contributed by atoms with Crippen LogP contribution in [0.3, 0.4) is 0 Å². The zero-order valence-corrected chi connectivity index (χ0v) is 18.0. The predicted octanol–water partition coefficient (Wildman–Crippen LogP) is 5.98. The number of nitro benzene ring substituents is 1. The van der Waals surface area contributed by atoms with E-state index in [1.165, 1.54) is 13.2 Å². The van der Waals surface area contributed by atoms with E-state index in [0.717, 1.165) is 22.7 Å². The number of allylic oxidation sites excluding steroid dienone is 1. The van der Waals surface area contributed by atoms with Crippen LogP contribution in [0.4, 0.5) is 10.1 Å². The van der Waals surface area contributed by atoms with E-state index < -0.39 is 10.7 Å². The van der Waals surface area contributed by atoms with Gasteiger partial charge in [0.1, 0.15) is 18.2 Å². The van der Waals surface area contributed by atoms with Gasteiger partial charge in [0.15, 0.2) is 11.5 Å². The SMILES string of the molecule is COc1ccc(/C=C/C(=O)c2ccc(Br)cc2)cc1COc1cc(F)ccc1[N+](=O)[O-]. The summed E-state index contributed by atoms with van der Waals surface area (Å²) in [6.45, 7) is -0.0875. The number of rotatable bonds is 8. The van der Waals surface area contributed by atoms with Gasteiger partial charge < -0.3 is 9.47 Å². The fourth-order valence-corrected chi connectivity index (χ4v) is 3.07. The third-order valence-corrected chi connectivity index (χ3v) is 4.89. The lowest BCUT2D eigenvalue weighted by Crippen LogP contribution is -2.02. The third kappa shape index (κ3) is 5.76. The molecule has 0 heterocycles. The largest absolute Gasteiger partial charge is 0.496 e. The van der Waals surface area contributed by atoms with Crippen molar-refractivity contribution < 1.29 is 23.6 Å². The second kappa shape index (κ2) is 9.99. The standard InChI is InChI=1S/C23H17BrFNO5/c1-30-22-11-3-15(2-10-21(27)16-4-6-18(24)7-5-16)12-17(22)14-31-23-13-19(25)8-9-20(23)26(28)29/h2-13H,14H2,1H3/b10-2+. The molecule has 0 aromatic heterocycles. The molecule has 0 spiro atoms. The number of halogens is 2. The number of nitro groups is 1. The summed E-state index contributed by atoms with van der Waals surface area (Å²) in [5.41, 5.74) is 1.50. The molecule has 31 heavy (non-hydrogen) atoms. The van der Waals surface area contributed by atoms with Gasteiger partial charge in [0.25, 0.3) is 0 Å². The molecule has 0 fully saturated rings. The van der Waals surface area contributed by atoms with Crippen LogP contribution in [0.15, 0.2) is 71.2 Å². The molecule has 8 heteroatoms. The molecule has 0 aliphatic rings. The number of methoxy groups -OCH3 is 1. The first-order valence-corrected chi connectivity index (χ1v) is 9.88. The van der Waals surface area contributed by atoms with Crippen molar-refractivity contribution in [1.82, 2.24) is 0 Å². The molecule has 3 aromatic carbocycles. The highest BCUT2D eigenvalue weighted by Crippen LogP contribution is 2.30. The molecule has 0 aliphatic heterocycles. The van der Waals surface area contributed by atoms with Gasteiger partial charge in [0, 0.05) is 27.7 Å². The fourth-order valence-electron chi connectivity index (χ4n) is 2.81. The van der Waals surface area contributed by atoms with Crippen LogP contribution in [0.25, 0.3) is 6.08 Å². The lowest BCUT2D eigenvalue weighted by atomic mass is 10.1. The summed E-state index contributed by atoms with van der Waals surface area (Å²) in [5, 5.41) is 11.1. The van der Waals surface area contributed by atoms with E-state index in [1.54, 1.807) is 48.5 Å². The zero-order chi connectivity index (χ0) is 22.4. The Labute approximate surface area is 186 Å². The number of hydrogen-bond donors (Lipinski definition) is 0. The zero-order valence-electron chi connectivity index (χ0n) is 16.4. The molecule has 0 N–H and O–H groups in total. The van der Waals surface area contributed by atoms with Crippen molar-refractivity contribution in [1.29, 1.82) is 0 Å². The van der Waals surface area contributed by atoms with Gasteiger partial charge in [0.05, 0.1) is 12.0 Å². The van der Waals surface area contributed by atoms with Crippen LogP contribution >= 0.6 is 15.9 Å². The third-order valence-electron chi connectivity index (χ3n) is 4.36. The van der Waals surface area contributed by atoms with E-state index in [0.29, 0.717) is 22.4 Å². The van der Waals surface area contributed by atoms with Crippen molar-refractivity contribution in [3.05, 3.63) is 104 Å². The molecule has 3 rings (SSSR count). The Hall–Kier alpha value is -3.52. The van der Waals surface area contributed by atoms with Crippen molar-refractivity contribution in [2.75, 3.05) is 7.11 Å². The summed E-state index contributed by atoms with van der Waals surface area (Å²) in [7, 11) is 1.48. The molecule has 6 nitrogen and oxygen atoms in total. The minimum Gasteiger partial charge on any atom is -0.496 e. The van der Waals surface area contributed by atoms with Gasteiger partial charge in [-0.05, 0) is 54.1 Å². The molecular formula is C23H17BrFNO5. The van der Waals surface area contributed by atoms with E-state index in [9.17, 15) is 19.3 Å². The molecular weight excluding hydrogens is 469 g/mol. The van der Waals surface area contributed by atoms with E-state index in [-0.39, 0.29) is 23.8 Å². The minimum atomic E-state index is -0.643. The average molecular weight is 486 g/mol. The summed E-state index contributed by atoms with van der Waals surface area (Å²) in [6, 6.07) is 15.2. The van der Waals surface area contributed by atoms with E-state index in [4.69, 9.17) is 9.47 Å². The topological polar surface area (TPSA) is 78.7 Å². The first kappa shape index (κ1) is 22.2. The van der Waals surface area contributed by atoms with E-state index >= 15 is 0 Å². The van der Waals surface area contributed by atoms with Crippen LogP contribution in [-0.2, 0) is 6.61 Å². The maximum atomic E-state index is 13.5. The molecule has 0 bridgehead atoms. The number of hydrogen-bond acceptors (Lipinski definition) is 5. The summed E-state index contributed by atoms with van der Waals surface area (Å²) in [6.07, 6.45) is 3.10. The molecule has 0 saturated heterocycles. The van der Waals surface area contributed by atoms with E-state index in [1.807, 2.05) is 0 Å². The van der Waals surface area contributed by atoms with Crippen molar-refractivity contribution >= 4 is 33.5 Å². The normalized spacial score (nSPS) is 10.8. The van der Waals surface area contributed by atoms with Gasteiger partial charge in [-0.25, -0.2) is 4.39 Å². The van der Waals surface area contributed by atoms with E-state index in [2.05, 4.69) is 15.9 Å². The maximum absolute atomic E-state index is 13.5. The number of carbonyl (C=O) groups excluding carboxylic acids is 1. The molecule has 0 unspecified atom stereocenters. The predicted molar refractivity (Wildman–Crippen MR) is 118 cm³/mol. The maximum Gasteiger partial charge on any atom is 0.311 e. The Kier molecular flexibility index (Phi) is 7.15. The Balaban J connectivity index is 1.80. The Morgan fingerprint density at radius 2 is 1.84 bits per heavy atom. The first-order chi connectivity index (χ1) is 14.9. The molecule has 0 radical (unpaired) electrons. The van der Waals surface area contributed by atoms with Gasteiger partial charge in [-0.15, -0.1) is 0 Å². The number of nitrogens with zero attached hydrogens (tertiary/aromatic N) is 1. The summed E-state index contributed by atoms with van der Waals surface area (Å²) in [5.74, 6) is -0.485. The number of carbonyl (C=O) groups is 1. The van der Waals surface area contributed by atoms with Crippen LogP contribution in [-0.4, -0.2) is 17.8 Å². The summed E-state index contributed by atoms with van der Waals surface area (Å²) < 4.78 is 25.2. The minimum absolute atomic E-state index is 0.0875. The Bertz CT molecular complexity index is 1150. The van der Waals surface area contributed by atoms with Gasteiger partial charge in [-0.3, -0.25) is 14.9 Å². The van der Waals surface area contributed by atoms with Crippen LogP contribution in [0.1, 0.15) is 21.5 Å². The van der Waals surface area contributed by atoms with Crippen molar-refractivity contribution in [2.24, 2.45) is 0 Å². The van der Waals surface area contributed by atoms with Gasteiger partial charge in [-0.1, -0.05) is 28.1 Å². The number of ketones is 1. The molecule has 0 aliphatic carbocycles. The van der Waals surface area contributed by atoms with Crippen molar-refractivity contribution in [3.8, 4) is 11.5 Å². The summed E-state index contributed by atoms with van der Waals surface area (Å²) >= 11 is 3.33. The lowest BCUT2D eigenvalue weighted by molar-refractivity contribution is -0.386. The highest BCUT2D eigenvalue weighted by Gasteiger charge is 2.17. The van der Waals surface area contributed by atoms with Crippen LogP contribution < -0.4 is 9.47 Å². The highest BCUT2D eigenvalue weighted by atomic mass is 79.9. The smallest absolute Gasteiger partial charge is 0.311 e. The fraction of sp³-hybridized carbons (Fsp3) is 0.0870. The van der Waals surface area contributed by atoms with Crippen molar-refractivity contribution in [2.45, 2.75) is 6.61 Å². The molecule has 0 amide bonds. The Morgan fingerprint density at radius 3 is 2.52 bits per heavy atom.